The molecule has 1 amide bonds. The quantitative estimate of drug-likeness (QED) is 0.471. The van der Waals surface area contributed by atoms with Crippen LogP contribution in [0.2, 0.25) is 0 Å². The Kier molecular flexibility index (Phi) is 5.79. The van der Waals surface area contributed by atoms with Crippen LogP contribution in [0, 0.1) is 11.6 Å². The number of aliphatic carboxylic acids is 1. The first kappa shape index (κ1) is 18.2. The van der Waals surface area contributed by atoms with Gasteiger partial charge in [0.15, 0.2) is 17.4 Å². The number of hydrogen-bond donors (Lipinski definition) is 1. The number of carbonyl (C=O) groups is 3. The lowest BCUT2D eigenvalue weighted by Crippen LogP contribution is -2.29. The van der Waals surface area contributed by atoms with E-state index < -0.39 is 29.3 Å². The summed E-state index contributed by atoms with van der Waals surface area (Å²) in [5, 5.41) is 8.60. The van der Waals surface area contributed by atoms with Gasteiger partial charge in [-0.1, -0.05) is 24.0 Å². The van der Waals surface area contributed by atoms with Gasteiger partial charge in [0.1, 0.15) is 4.32 Å². The van der Waals surface area contributed by atoms with E-state index in [2.05, 4.69) is 0 Å². The van der Waals surface area contributed by atoms with Crippen LogP contribution in [0.25, 0.3) is 0 Å². The average Bonchev–Trinajstić information content (AvgIpc) is 2.77. The molecule has 1 saturated heterocycles. The molecule has 9 heteroatoms. The summed E-state index contributed by atoms with van der Waals surface area (Å²) in [5.74, 6) is -4.37. The summed E-state index contributed by atoms with van der Waals surface area (Å²) in [6.45, 7) is 0.133. The summed E-state index contributed by atoms with van der Waals surface area (Å²) < 4.78 is 26.3. The predicted octanol–water partition coefficient (Wildman–Crippen LogP) is 2.76. The van der Waals surface area contributed by atoms with Crippen molar-refractivity contribution in [3.8, 4) is 0 Å². The van der Waals surface area contributed by atoms with Crippen molar-refractivity contribution >= 4 is 46.0 Å². The van der Waals surface area contributed by atoms with E-state index in [0.29, 0.717) is 0 Å². The van der Waals surface area contributed by atoms with E-state index in [1.54, 1.807) is 0 Å². The fourth-order valence-corrected chi connectivity index (χ4v) is 3.21. The molecular weight excluding hydrogens is 360 g/mol. The van der Waals surface area contributed by atoms with Crippen molar-refractivity contribution in [2.24, 2.45) is 0 Å². The molecule has 5 nitrogen and oxygen atoms in total. The Morgan fingerprint density at radius 1 is 1.29 bits per heavy atom. The van der Waals surface area contributed by atoms with Crippen LogP contribution in [0.3, 0.4) is 0 Å². The van der Waals surface area contributed by atoms with Crippen LogP contribution in [0.5, 0.6) is 0 Å². The van der Waals surface area contributed by atoms with E-state index in [0.717, 1.165) is 36.0 Å². The standard InChI is InChI=1S/C15H11F2NO4S2/c16-9-4-3-8(6-10(9)17)11(19)7-12-14(22)18(15(23)24-12)5-1-2-13(20)21/h3-4,6-7H,1-2,5H2,(H,20,21)/b12-7-. The van der Waals surface area contributed by atoms with Crippen LogP contribution in [0.15, 0.2) is 29.2 Å². The van der Waals surface area contributed by atoms with Crippen molar-refractivity contribution in [3.63, 3.8) is 0 Å². The second-order valence-corrected chi connectivity index (χ2v) is 6.50. The fourth-order valence-electron chi connectivity index (χ4n) is 1.93. The number of ketones is 1. The van der Waals surface area contributed by atoms with Gasteiger partial charge in [0.2, 0.25) is 0 Å². The lowest BCUT2D eigenvalue weighted by atomic mass is 10.1. The summed E-state index contributed by atoms with van der Waals surface area (Å²) in [5.41, 5.74) is -0.0926. The van der Waals surface area contributed by atoms with Gasteiger partial charge in [-0.05, 0) is 24.6 Å². The molecule has 1 heterocycles. The summed E-state index contributed by atoms with van der Waals surface area (Å²) in [6, 6.07) is 2.69. The van der Waals surface area contributed by atoms with Crippen LogP contribution in [-0.2, 0) is 9.59 Å². The van der Waals surface area contributed by atoms with E-state index in [-0.39, 0.29) is 34.2 Å². The van der Waals surface area contributed by atoms with Crippen LogP contribution in [0.4, 0.5) is 8.78 Å². The van der Waals surface area contributed by atoms with Gasteiger partial charge in [-0.25, -0.2) is 8.78 Å². The minimum Gasteiger partial charge on any atom is -0.481 e. The molecule has 0 bridgehead atoms. The highest BCUT2D eigenvalue weighted by molar-refractivity contribution is 8.26. The topological polar surface area (TPSA) is 74.7 Å². The summed E-state index contributed by atoms with van der Waals surface area (Å²) in [6.07, 6.45) is 1.14. The Morgan fingerprint density at radius 3 is 2.62 bits per heavy atom. The zero-order valence-electron chi connectivity index (χ0n) is 12.1. The van der Waals surface area contributed by atoms with Gasteiger partial charge in [-0.15, -0.1) is 0 Å². The van der Waals surface area contributed by atoms with Crippen molar-refractivity contribution < 1.29 is 28.3 Å². The number of rotatable bonds is 6. The van der Waals surface area contributed by atoms with Gasteiger partial charge in [0.25, 0.3) is 5.91 Å². The highest BCUT2D eigenvalue weighted by Crippen LogP contribution is 2.31. The molecule has 1 aliphatic rings. The number of nitrogens with zero attached hydrogens (tertiary/aromatic N) is 1. The van der Waals surface area contributed by atoms with Crippen LogP contribution < -0.4 is 0 Å². The molecule has 126 valence electrons. The number of amides is 1. The van der Waals surface area contributed by atoms with Crippen LogP contribution in [-0.4, -0.2) is 38.5 Å². The Bertz CT molecular complexity index is 764. The number of thioether (sulfide) groups is 1. The Labute approximate surface area is 145 Å². The Hall–Kier alpha value is -2.13. The first-order valence-corrected chi connectivity index (χ1v) is 7.98. The number of halogens is 2. The van der Waals surface area contributed by atoms with Gasteiger partial charge >= 0.3 is 5.97 Å². The van der Waals surface area contributed by atoms with Gasteiger partial charge in [0, 0.05) is 24.6 Å². The molecule has 1 aromatic carbocycles. The van der Waals surface area contributed by atoms with E-state index >= 15 is 0 Å². The van der Waals surface area contributed by atoms with E-state index in [1.165, 1.54) is 4.90 Å². The molecule has 0 radical (unpaired) electrons. The van der Waals surface area contributed by atoms with Gasteiger partial charge in [0.05, 0.1) is 4.91 Å². The lowest BCUT2D eigenvalue weighted by molar-refractivity contribution is -0.137. The second kappa shape index (κ2) is 7.63. The zero-order valence-corrected chi connectivity index (χ0v) is 13.8. The van der Waals surface area contributed by atoms with Crippen molar-refractivity contribution in [2.45, 2.75) is 12.8 Å². The third-order valence-electron chi connectivity index (χ3n) is 3.11. The monoisotopic (exact) mass is 371 g/mol. The maximum atomic E-state index is 13.2. The Balaban J connectivity index is 2.11. The summed E-state index contributed by atoms with van der Waals surface area (Å²) in [4.78, 5) is 36.0. The molecule has 1 aromatic rings. The smallest absolute Gasteiger partial charge is 0.303 e. The van der Waals surface area contributed by atoms with Crippen LogP contribution in [0.1, 0.15) is 23.2 Å². The maximum Gasteiger partial charge on any atom is 0.303 e. The molecular formula is C15H11F2NO4S2. The van der Waals surface area contributed by atoms with Crippen LogP contribution >= 0.6 is 24.0 Å². The van der Waals surface area contributed by atoms with E-state index in [4.69, 9.17) is 17.3 Å². The molecule has 0 unspecified atom stereocenters. The van der Waals surface area contributed by atoms with Crippen molar-refractivity contribution in [2.75, 3.05) is 6.54 Å². The van der Waals surface area contributed by atoms with Crippen molar-refractivity contribution in [3.05, 3.63) is 46.4 Å². The minimum absolute atomic E-state index is 0.0602. The third-order valence-corrected chi connectivity index (χ3v) is 4.49. The van der Waals surface area contributed by atoms with Gasteiger partial charge < -0.3 is 5.11 Å². The number of carbonyl (C=O) groups excluding carboxylic acids is 2. The van der Waals surface area contributed by atoms with Crippen molar-refractivity contribution in [1.82, 2.24) is 4.90 Å². The van der Waals surface area contributed by atoms with E-state index in [9.17, 15) is 23.2 Å². The summed E-state index contributed by atoms with van der Waals surface area (Å²) in [7, 11) is 0. The molecule has 24 heavy (non-hydrogen) atoms. The SMILES string of the molecule is O=C(O)CCCN1C(=O)/C(=C/C(=O)c2ccc(F)c(F)c2)SC1=S. The number of allylic oxidation sites excluding steroid dienone is 1. The molecule has 1 fully saturated rings. The summed E-state index contributed by atoms with van der Waals surface area (Å²) >= 11 is 5.94. The largest absolute Gasteiger partial charge is 0.481 e. The zero-order chi connectivity index (χ0) is 17.9. The van der Waals surface area contributed by atoms with Gasteiger partial charge in [-0.3, -0.25) is 19.3 Å². The number of carboxylic acids is 1. The van der Waals surface area contributed by atoms with Gasteiger partial charge in [-0.2, -0.15) is 0 Å². The lowest BCUT2D eigenvalue weighted by Gasteiger charge is -2.13. The number of carboxylic acid groups (broad SMARTS) is 1. The predicted molar refractivity (Wildman–Crippen MR) is 87.5 cm³/mol. The highest BCUT2D eigenvalue weighted by Gasteiger charge is 2.32. The Morgan fingerprint density at radius 2 is 2.00 bits per heavy atom. The minimum atomic E-state index is -1.16. The average molecular weight is 371 g/mol. The maximum absolute atomic E-state index is 13.2. The molecule has 0 atom stereocenters. The molecule has 1 N–H and O–H groups in total. The fraction of sp³-hybridized carbons (Fsp3) is 0.200. The number of benzene rings is 1. The first-order valence-electron chi connectivity index (χ1n) is 6.76. The molecule has 2 rings (SSSR count). The highest BCUT2D eigenvalue weighted by atomic mass is 32.2. The van der Waals surface area contributed by atoms with Crippen molar-refractivity contribution in [1.29, 1.82) is 0 Å². The number of thiocarbonyl (C=S) groups is 1. The third kappa shape index (κ3) is 4.24. The van der Waals surface area contributed by atoms with E-state index in [1.807, 2.05) is 0 Å². The molecule has 0 aromatic heterocycles. The first-order chi connectivity index (χ1) is 11.3. The molecule has 1 aliphatic heterocycles. The normalized spacial score (nSPS) is 16.1. The second-order valence-electron chi connectivity index (χ2n) is 4.82. The molecule has 0 aliphatic carbocycles. The molecule has 0 saturated carbocycles. The number of hydrogen-bond acceptors (Lipinski definition) is 5. The molecule has 0 spiro atoms.